The van der Waals surface area contributed by atoms with Crippen molar-refractivity contribution >= 4 is 23.2 Å². The Morgan fingerprint density at radius 2 is 1.89 bits per heavy atom. The number of benzene rings is 2. The average Bonchev–Trinajstić information content (AvgIpc) is 3.28. The van der Waals surface area contributed by atoms with Crippen LogP contribution in [0.5, 0.6) is 11.5 Å². The fourth-order valence-electron chi connectivity index (χ4n) is 3.27. The number of ether oxygens (including phenoxy) is 1. The van der Waals surface area contributed by atoms with Crippen LogP contribution >= 0.6 is 11.3 Å². The summed E-state index contributed by atoms with van der Waals surface area (Å²) in [5.74, 6) is 0.439. The lowest BCUT2D eigenvalue weighted by Crippen LogP contribution is -3.06. The van der Waals surface area contributed by atoms with E-state index in [-0.39, 0.29) is 17.3 Å². The fraction of sp³-hybridized carbons (Fsp3) is 0.136. The third kappa shape index (κ3) is 3.65. The number of carbonyl (C=O) groups excluding carboxylic acids is 1. The Kier molecular flexibility index (Phi) is 4.79. The van der Waals surface area contributed by atoms with Gasteiger partial charge in [0.1, 0.15) is 18.8 Å². The van der Waals surface area contributed by atoms with E-state index in [1.165, 1.54) is 23.0 Å². The number of hydrogen-bond acceptors (Lipinski definition) is 4. The van der Waals surface area contributed by atoms with E-state index in [1.54, 1.807) is 12.1 Å². The van der Waals surface area contributed by atoms with E-state index in [9.17, 15) is 9.90 Å². The van der Waals surface area contributed by atoms with Crippen molar-refractivity contribution in [2.75, 3.05) is 7.05 Å². The molecule has 1 aliphatic heterocycles. The van der Waals surface area contributed by atoms with Crippen molar-refractivity contribution in [1.29, 1.82) is 0 Å². The van der Waals surface area contributed by atoms with Crippen LogP contribution in [-0.2, 0) is 13.1 Å². The molecule has 0 aliphatic carbocycles. The first kappa shape index (κ1) is 17.5. The first-order valence-electron chi connectivity index (χ1n) is 8.77. The molecule has 0 fully saturated rings. The second-order valence-corrected chi connectivity index (χ2v) is 7.65. The van der Waals surface area contributed by atoms with Crippen LogP contribution in [0.2, 0.25) is 0 Å². The molecule has 4 nitrogen and oxygen atoms in total. The number of ketones is 1. The molecule has 136 valence electrons. The summed E-state index contributed by atoms with van der Waals surface area (Å²) < 4.78 is 5.86. The highest BCUT2D eigenvalue weighted by atomic mass is 32.1. The van der Waals surface area contributed by atoms with Crippen molar-refractivity contribution in [1.82, 2.24) is 0 Å². The maximum absolute atomic E-state index is 12.7. The standard InChI is InChI=1S/C22H19NO3S/c1-23(13-15-6-3-2-4-7-15)14-18-19(24)10-9-17-21(25)20(26-22(17)18)12-16-8-5-11-27-16/h2-12,24H,13-14H2,1H3. The van der Waals surface area contributed by atoms with Gasteiger partial charge in [0, 0.05) is 22.1 Å². The quantitative estimate of drug-likeness (QED) is 0.696. The van der Waals surface area contributed by atoms with E-state index < -0.39 is 0 Å². The van der Waals surface area contributed by atoms with Crippen LogP contribution in [0, 0.1) is 0 Å². The Balaban J connectivity index is 1.60. The number of rotatable bonds is 5. The third-order valence-electron chi connectivity index (χ3n) is 4.54. The minimum absolute atomic E-state index is 0.0914. The molecule has 4 rings (SSSR count). The molecule has 2 heterocycles. The molecular weight excluding hydrogens is 358 g/mol. The van der Waals surface area contributed by atoms with Crippen LogP contribution in [0.1, 0.15) is 26.4 Å². The normalized spacial score (nSPS) is 15.6. The van der Waals surface area contributed by atoms with Gasteiger partial charge < -0.3 is 14.7 Å². The molecule has 3 aromatic rings. The number of carbonyl (C=O) groups is 1. The largest absolute Gasteiger partial charge is 0.872 e. The van der Waals surface area contributed by atoms with Crippen molar-refractivity contribution in [3.05, 3.63) is 87.3 Å². The summed E-state index contributed by atoms with van der Waals surface area (Å²) >= 11 is 1.54. The topological polar surface area (TPSA) is 53.8 Å². The predicted octanol–water partition coefficient (Wildman–Crippen LogP) is 2.65. The Labute approximate surface area is 162 Å². The number of allylic oxidation sites excluding steroid dienone is 1. The smallest absolute Gasteiger partial charge is 0.232 e. The first-order valence-corrected chi connectivity index (χ1v) is 9.65. The van der Waals surface area contributed by atoms with Crippen molar-refractivity contribution in [2.45, 2.75) is 13.1 Å². The lowest BCUT2D eigenvalue weighted by molar-refractivity contribution is -0.907. The van der Waals surface area contributed by atoms with Crippen LogP contribution in [0.3, 0.4) is 0 Å². The minimum atomic E-state index is -0.166. The van der Waals surface area contributed by atoms with E-state index in [1.807, 2.05) is 42.8 Å². The second-order valence-electron chi connectivity index (χ2n) is 6.67. The Morgan fingerprint density at radius 1 is 1.07 bits per heavy atom. The molecule has 1 atom stereocenters. The molecule has 0 saturated carbocycles. The second kappa shape index (κ2) is 7.39. The molecule has 1 N–H and O–H groups in total. The summed E-state index contributed by atoms with van der Waals surface area (Å²) in [5.41, 5.74) is 2.23. The number of nitrogens with one attached hydrogen (secondary N) is 1. The average molecular weight is 377 g/mol. The predicted molar refractivity (Wildman–Crippen MR) is 104 cm³/mol. The summed E-state index contributed by atoms with van der Waals surface area (Å²) in [6.07, 6.45) is 1.74. The van der Waals surface area contributed by atoms with Gasteiger partial charge in [-0.15, -0.1) is 11.3 Å². The molecule has 1 unspecified atom stereocenters. The maximum atomic E-state index is 12.7. The van der Waals surface area contributed by atoms with E-state index >= 15 is 0 Å². The summed E-state index contributed by atoms with van der Waals surface area (Å²) in [4.78, 5) is 14.8. The Morgan fingerprint density at radius 3 is 2.63 bits per heavy atom. The van der Waals surface area contributed by atoms with Gasteiger partial charge in [0.15, 0.2) is 5.76 Å². The van der Waals surface area contributed by atoms with Crippen LogP contribution in [0.15, 0.2) is 65.7 Å². The number of quaternary nitrogens is 1. The monoisotopic (exact) mass is 377 g/mol. The van der Waals surface area contributed by atoms with Crippen LogP contribution in [0.25, 0.3) is 6.08 Å². The van der Waals surface area contributed by atoms with Gasteiger partial charge in [-0.25, -0.2) is 0 Å². The number of thiophene rings is 1. The Hall–Kier alpha value is -2.89. The van der Waals surface area contributed by atoms with Gasteiger partial charge >= 0.3 is 0 Å². The van der Waals surface area contributed by atoms with Crippen LogP contribution in [0.4, 0.5) is 0 Å². The fourth-order valence-corrected chi connectivity index (χ4v) is 3.91. The number of fused-ring (bicyclic) bond motifs is 1. The zero-order valence-corrected chi connectivity index (χ0v) is 15.7. The van der Waals surface area contributed by atoms with Gasteiger partial charge in [-0.05, 0) is 17.5 Å². The zero-order chi connectivity index (χ0) is 18.8. The summed E-state index contributed by atoms with van der Waals surface area (Å²) in [6.45, 7) is 1.28. The SMILES string of the molecule is C[NH+](Cc1ccccc1)Cc1c([O-])ccc2c1OC(=Cc1cccs1)C2=O. The van der Waals surface area contributed by atoms with Gasteiger partial charge in [0.05, 0.1) is 12.6 Å². The molecule has 1 aliphatic rings. The molecule has 1 aromatic heterocycles. The first-order chi connectivity index (χ1) is 13.1. The molecule has 0 spiro atoms. The molecule has 5 heteroatoms. The van der Waals surface area contributed by atoms with Crippen molar-refractivity contribution < 1.29 is 19.5 Å². The molecule has 0 amide bonds. The summed E-state index contributed by atoms with van der Waals surface area (Å²) in [7, 11) is 2.03. The molecular formula is C22H19NO3S. The van der Waals surface area contributed by atoms with Gasteiger partial charge in [-0.3, -0.25) is 4.79 Å². The van der Waals surface area contributed by atoms with Crippen molar-refractivity contribution in [3.8, 4) is 11.5 Å². The van der Waals surface area contributed by atoms with E-state index in [4.69, 9.17) is 4.74 Å². The maximum Gasteiger partial charge on any atom is 0.232 e. The third-order valence-corrected chi connectivity index (χ3v) is 5.36. The van der Waals surface area contributed by atoms with Crippen LogP contribution in [-0.4, -0.2) is 12.8 Å². The van der Waals surface area contributed by atoms with E-state index in [2.05, 4.69) is 12.1 Å². The van der Waals surface area contributed by atoms with Crippen molar-refractivity contribution in [3.63, 3.8) is 0 Å². The minimum Gasteiger partial charge on any atom is -0.872 e. The van der Waals surface area contributed by atoms with Gasteiger partial charge in [0.2, 0.25) is 5.78 Å². The van der Waals surface area contributed by atoms with Gasteiger partial charge in [0.25, 0.3) is 0 Å². The Bertz CT molecular complexity index is 994. The molecule has 0 radical (unpaired) electrons. The highest BCUT2D eigenvalue weighted by Crippen LogP contribution is 2.38. The molecule has 0 bridgehead atoms. The number of hydrogen-bond donors (Lipinski definition) is 1. The van der Waals surface area contributed by atoms with Crippen LogP contribution < -0.4 is 14.7 Å². The zero-order valence-electron chi connectivity index (χ0n) is 14.9. The van der Waals surface area contributed by atoms with Crippen molar-refractivity contribution in [2.24, 2.45) is 0 Å². The molecule has 2 aromatic carbocycles. The lowest BCUT2D eigenvalue weighted by Gasteiger charge is -2.20. The van der Waals surface area contributed by atoms with Gasteiger partial charge in [-0.1, -0.05) is 48.2 Å². The highest BCUT2D eigenvalue weighted by Gasteiger charge is 2.30. The van der Waals surface area contributed by atoms with Gasteiger partial charge in [-0.2, -0.15) is 0 Å². The highest BCUT2D eigenvalue weighted by molar-refractivity contribution is 7.10. The van der Waals surface area contributed by atoms with E-state index in [0.717, 1.165) is 16.3 Å². The number of Topliss-reactive ketones (excluding diaryl/α,β-unsaturated/α-hetero) is 1. The summed E-state index contributed by atoms with van der Waals surface area (Å²) in [6, 6.07) is 17.0. The summed E-state index contributed by atoms with van der Waals surface area (Å²) in [5, 5.41) is 14.4. The molecule has 0 saturated heterocycles. The van der Waals surface area contributed by atoms with E-state index in [0.29, 0.717) is 23.4 Å². The lowest BCUT2D eigenvalue weighted by atomic mass is 10.0. The molecule has 27 heavy (non-hydrogen) atoms.